The zero-order valence-corrected chi connectivity index (χ0v) is 21.4. The number of carbonyl (C=O) groups is 1. The third kappa shape index (κ3) is 7.16. The molecular formula is C27H32N4O3S. The van der Waals surface area contributed by atoms with Crippen LogP contribution in [0, 0.1) is 6.92 Å². The fraction of sp³-hybridized carbons (Fsp3) is 0.259. The van der Waals surface area contributed by atoms with E-state index in [0.29, 0.717) is 11.3 Å². The Labute approximate surface area is 208 Å². The van der Waals surface area contributed by atoms with Crippen LogP contribution in [-0.2, 0) is 16.6 Å². The van der Waals surface area contributed by atoms with E-state index in [-0.39, 0.29) is 12.5 Å². The molecule has 0 aromatic heterocycles. The van der Waals surface area contributed by atoms with Gasteiger partial charge in [-0.1, -0.05) is 42.0 Å². The molecule has 0 heterocycles. The zero-order valence-electron chi connectivity index (χ0n) is 20.6. The second-order valence-corrected chi connectivity index (χ2v) is 10.2. The maximum atomic E-state index is 12.5. The minimum Gasteiger partial charge on any atom is -0.372 e. The third-order valence-corrected chi connectivity index (χ3v) is 6.81. The van der Waals surface area contributed by atoms with E-state index in [1.807, 2.05) is 55.5 Å². The van der Waals surface area contributed by atoms with E-state index in [1.165, 1.54) is 10.6 Å². The molecule has 184 valence electrons. The van der Waals surface area contributed by atoms with Crippen molar-refractivity contribution in [3.05, 3.63) is 95.1 Å². The molecule has 3 rings (SSSR count). The van der Waals surface area contributed by atoms with Crippen molar-refractivity contribution in [3.63, 3.8) is 0 Å². The van der Waals surface area contributed by atoms with Crippen LogP contribution in [-0.4, -0.2) is 39.9 Å². The molecule has 1 amide bonds. The van der Waals surface area contributed by atoms with Gasteiger partial charge >= 0.3 is 0 Å². The zero-order chi connectivity index (χ0) is 25.4. The van der Waals surface area contributed by atoms with Crippen molar-refractivity contribution in [2.75, 3.05) is 28.6 Å². The van der Waals surface area contributed by atoms with Gasteiger partial charge in [-0.05, 0) is 68.3 Å². The van der Waals surface area contributed by atoms with E-state index in [2.05, 4.69) is 29.3 Å². The highest BCUT2D eigenvalue weighted by Crippen LogP contribution is 2.21. The van der Waals surface area contributed by atoms with Gasteiger partial charge in [-0.2, -0.15) is 5.10 Å². The number of anilines is 2. The Morgan fingerprint density at radius 1 is 0.886 bits per heavy atom. The van der Waals surface area contributed by atoms with Crippen molar-refractivity contribution in [1.29, 1.82) is 0 Å². The van der Waals surface area contributed by atoms with E-state index < -0.39 is 10.0 Å². The Balaban J connectivity index is 1.65. The minimum absolute atomic E-state index is 0.210. The standard InChI is InChI=1S/C27H32N4O3S/c1-5-30(6-2)25-15-11-22(12-16-25)19-28-29-27(32)24-13-17-26(18-14-24)31(35(4,33)34)20-23-9-7-21(3)8-10-23/h7-19H,5-6,20H2,1-4H3,(H,29,32)/b28-19-. The molecule has 1 N–H and O–H groups in total. The van der Waals surface area contributed by atoms with E-state index in [0.717, 1.165) is 35.5 Å². The topological polar surface area (TPSA) is 82.1 Å². The lowest BCUT2D eigenvalue weighted by molar-refractivity contribution is 0.0955. The molecule has 0 aliphatic rings. The highest BCUT2D eigenvalue weighted by molar-refractivity contribution is 7.92. The maximum absolute atomic E-state index is 12.5. The second-order valence-electron chi connectivity index (χ2n) is 8.27. The smallest absolute Gasteiger partial charge is 0.271 e. The average molecular weight is 493 g/mol. The van der Waals surface area contributed by atoms with Gasteiger partial charge in [-0.25, -0.2) is 13.8 Å². The summed E-state index contributed by atoms with van der Waals surface area (Å²) in [5.41, 5.74) is 7.38. The monoisotopic (exact) mass is 492 g/mol. The molecule has 3 aromatic carbocycles. The SMILES string of the molecule is CCN(CC)c1ccc(/C=N\NC(=O)c2ccc(N(Cc3ccc(C)cc3)S(C)(=O)=O)cc2)cc1. The molecule has 3 aromatic rings. The van der Waals surface area contributed by atoms with Crippen LogP contribution in [0.4, 0.5) is 11.4 Å². The molecule has 0 saturated heterocycles. The summed E-state index contributed by atoms with van der Waals surface area (Å²) < 4.78 is 26.1. The first-order chi connectivity index (χ1) is 16.7. The molecule has 0 spiro atoms. The number of benzene rings is 3. The number of aryl methyl sites for hydroxylation is 1. The van der Waals surface area contributed by atoms with Crippen molar-refractivity contribution < 1.29 is 13.2 Å². The fourth-order valence-electron chi connectivity index (χ4n) is 3.63. The quantitative estimate of drug-likeness (QED) is 0.332. The number of sulfonamides is 1. The van der Waals surface area contributed by atoms with Crippen LogP contribution in [0.1, 0.15) is 40.9 Å². The summed E-state index contributed by atoms with van der Waals surface area (Å²) in [6, 6.07) is 22.1. The number of amides is 1. The van der Waals surface area contributed by atoms with Gasteiger partial charge in [-0.3, -0.25) is 9.10 Å². The molecule has 0 fully saturated rings. The normalized spacial score (nSPS) is 11.4. The third-order valence-electron chi connectivity index (χ3n) is 5.67. The van der Waals surface area contributed by atoms with E-state index in [1.54, 1.807) is 30.5 Å². The number of carbonyl (C=O) groups excluding carboxylic acids is 1. The predicted octanol–water partition coefficient (Wildman–Crippen LogP) is 4.57. The van der Waals surface area contributed by atoms with Gasteiger partial charge in [-0.15, -0.1) is 0 Å². The van der Waals surface area contributed by atoms with Gasteiger partial charge < -0.3 is 4.90 Å². The van der Waals surface area contributed by atoms with Crippen LogP contribution < -0.4 is 14.6 Å². The lowest BCUT2D eigenvalue weighted by atomic mass is 10.1. The Morgan fingerprint density at radius 2 is 1.46 bits per heavy atom. The van der Waals surface area contributed by atoms with Crippen LogP contribution in [0.25, 0.3) is 0 Å². The summed E-state index contributed by atoms with van der Waals surface area (Å²) in [6.45, 7) is 8.30. The first kappa shape index (κ1) is 26.0. The first-order valence-electron chi connectivity index (χ1n) is 11.5. The van der Waals surface area contributed by atoms with Gasteiger partial charge in [0.15, 0.2) is 0 Å². The molecule has 0 atom stereocenters. The molecule has 7 nitrogen and oxygen atoms in total. The second kappa shape index (κ2) is 11.7. The predicted molar refractivity (Wildman–Crippen MR) is 144 cm³/mol. The number of rotatable bonds is 10. The summed E-state index contributed by atoms with van der Waals surface area (Å²) >= 11 is 0. The van der Waals surface area contributed by atoms with E-state index in [4.69, 9.17) is 0 Å². The lowest BCUT2D eigenvalue weighted by Crippen LogP contribution is -2.29. The number of nitrogens with zero attached hydrogens (tertiary/aromatic N) is 3. The molecule has 8 heteroatoms. The summed E-state index contributed by atoms with van der Waals surface area (Å²) in [5, 5.41) is 4.05. The summed E-state index contributed by atoms with van der Waals surface area (Å²) in [4.78, 5) is 14.7. The van der Waals surface area contributed by atoms with Crippen molar-refractivity contribution in [3.8, 4) is 0 Å². The van der Waals surface area contributed by atoms with Crippen LogP contribution in [0.2, 0.25) is 0 Å². The Hall–Kier alpha value is -3.65. The van der Waals surface area contributed by atoms with Crippen LogP contribution >= 0.6 is 0 Å². The highest BCUT2D eigenvalue weighted by Gasteiger charge is 2.18. The van der Waals surface area contributed by atoms with Crippen LogP contribution in [0.5, 0.6) is 0 Å². The Kier molecular flexibility index (Phi) is 8.65. The van der Waals surface area contributed by atoms with Crippen molar-refractivity contribution in [2.45, 2.75) is 27.3 Å². The highest BCUT2D eigenvalue weighted by atomic mass is 32.2. The van der Waals surface area contributed by atoms with Crippen LogP contribution in [0.15, 0.2) is 77.9 Å². The summed E-state index contributed by atoms with van der Waals surface area (Å²) in [6.07, 6.45) is 2.76. The average Bonchev–Trinajstić information content (AvgIpc) is 2.84. The fourth-order valence-corrected chi connectivity index (χ4v) is 4.52. The molecule has 0 saturated carbocycles. The molecular weight excluding hydrogens is 460 g/mol. The number of hydrogen-bond donors (Lipinski definition) is 1. The van der Waals surface area contributed by atoms with E-state index >= 15 is 0 Å². The molecule has 35 heavy (non-hydrogen) atoms. The first-order valence-corrected chi connectivity index (χ1v) is 13.4. The molecule has 0 unspecified atom stereocenters. The van der Waals surface area contributed by atoms with Gasteiger partial charge in [0.05, 0.1) is 24.7 Å². The lowest BCUT2D eigenvalue weighted by Gasteiger charge is -2.22. The van der Waals surface area contributed by atoms with Crippen molar-refractivity contribution in [1.82, 2.24) is 5.43 Å². The molecule has 0 radical (unpaired) electrons. The van der Waals surface area contributed by atoms with E-state index in [9.17, 15) is 13.2 Å². The largest absolute Gasteiger partial charge is 0.372 e. The number of hydrogen-bond acceptors (Lipinski definition) is 5. The minimum atomic E-state index is -3.51. The number of hydrazone groups is 1. The van der Waals surface area contributed by atoms with Crippen molar-refractivity contribution in [2.24, 2.45) is 5.10 Å². The maximum Gasteiger partial charge on any atom is 0.271 e. The molecule has 0 aliphatic carbocycles. The van der Waals surface area contributed by atoms with Gasteiger partial charge in [0.2, 0.25) is 10.0 Å². The van der Waals surface area contributed by atoms with Crippen molar-refractivity contribution >= 4 is 33.5 Å². The Bertz CT molecular complexity index is 1250. The van der Waals surface area contributed by atoms with Gasteiger partial charge in [0, 0.05) is 24.3 Å². The number of nitrogens with one attached hydrogen (secondary N) is 1. The van der Waals surface area contributed by atoms with Gasteiger partial charge in [0.25, 0.3) is 5.91 Å². The van der Waals surface area contributed by atoms with Gasteiger partial charge in [0.1, 0.15) is 0 Å². The molecule has 0 bridgehead atoms. The van der Waals surface area contributed by atoms with Crippen LogP contribution in [0.3, 0.4) is 0 Å². The Morgan fingerprint density at radius 3 is 2.00 bits per heavy atom. The summed E-state index contributed by atoms with van der Waals surface area (Å²) in [7, 11) is -3.51. The molecule has 0 aliphatic heterocycles. The summed E-state index contributed by atoms with van der Waals surface area (Å²) in [5.74, 6) is -0.378.